The second kappa shape index (κ2) is 6.89. The molecule has 0 amide bonds. The molecule has 1 aliphatic heterocycles. The largest absolute Gasteiger partial charge is 0.462 e. The molecule has 2 N–H and O–H groups in total. The fourth-order valence-electron chi connectivity index (χ4n) is 1.58. The Morgan fingerprint density at radius 1 is 1.38 bits per heavy atom. The predicted octanol–water partition coefficient (Wildman–Crippen LogP) is 1.84. The number of rotatable bonds is 5. The van der Waals surface area contributed by atoms with Crippen LogP contribution in [0.5, 0.6) is 0 Å². The van der Waals surface area contributed by atoms with Crippen molar-refractivity contribution < 1.29 is 15.0 Å². The molecule has 1 heterocycles. The molecule has 1 saturated heterocycles. The number of cyclic esters (lactones) is 1. The van der Waals surface area contributed by atoms with Crippen molar-refractivity contribution in [2.75, 3.05) is 0 Å². The van der Waals surface area contributed by atoms with E-state index in [0.29, 0.717) is 6.42 Å². The quantitative estimate of drug-likeness (QED) is 0.488. The Labute approximate surface area is 79.8 Å². The minimum atomic E-state index is -0.00417. The lowest BCUT2D eigenvalue weighted by Crippen LogP contribution is -2.05. The van der Waals surface area contributed by atoms with Gasteiger partial charge in [-0.15, -0.1) is 0 Å². The third-order valence-corrected chi connectivity index (χ3v) is 2.35. The summed E-state index contributed by atoms with van der Waals surface area (Å²) in [6, 6.07) is 0. The van der Waals surface area contributed by atoms with Gasteiger partial charge < -0.3 is 10.2 Å². The molecule has 13 heavy (non-hydrogen) atoms. The van der Waals surface area contributed by atoms with Crippen LogP contribution in [0.3, 0.4) is 0 Å². The summed E-state index contributed by atoms with van der Waals surface area (Å²) in [7, 11) is 0. The molecule has 1 unspecified atom stereocenters. The second-order valence-corrected chi connectivity index (χ2v) is 3.50. The Morgan fingerprint density at radius 2 is 2.15 bits per heavy atom. The van der Waals surface area contributed by atoms with E-state index >= 15 is 0 Å². The van der Waals surface area contributed by atoms with Gasteiger partial charge in [-0.3, -0.25) is 4.79 Å². The summed E-state index contributed by atoms with van der Waals surface area (Å²) in [5, 5.41) is 0. The lowest BCUT2D eigenvalue weighted by Gasteiger charge is -2.07. The van der Waals surface area contributed by atoms with Crippen LogP contribution in [0, 0.1) is 0 Å². The van der Waals surface area contributed by atoms with Gasteiger partial charge in [0.15, 0.2) is 0 Å². The van der Waals surface area contributed by atoms with Gasteiger partial charge in [0.2, 0.25) is 0 Å². The van der Waals surface area contributed by atoms with E-state index < -0.39 is 0 Å². The van der Waals surface area contributed by atoms with Crippen LogP contribution in [-0.2, 0) is 9.53 Å². The maximum Gasteiger partial charge on any atom is 0.306 e. The lowest BCUT2D eigenvalue weighted by molar-refractivity contribution is -0.141. The summed E-state index contributed by atoms with van der Waals surface area (Å²) >= 11 is 0. The van der Waals surface area contributed by atoms with Gasteiger partial charge >= 0.3 is 5.97 Å². The maximum absolute atomic E-state index is 10.7. The standard InChI is InChI=1S/C10H18O2.H2O/c1-2-3-4-5-6-9-7-8-10(11)12-9;/h9H,2-8H2,1H3;1H2. The molecule has 1 atom stereocenters. The Morgan fingerprint density at radius 3 is 2.69 bits per heavy atom. The zero-order valence-electron chi connectivity index (χ0n) is 8.34. The van der Waals surface area contributed by atoms with E-state index in [9.17, 15) is 4.79 Å². The third-order valence-electron chi connectivity index (χ3n) is 2.35. The molecule has 78 valence electrons. The SMILES string of the molecule is CCCCCCC1CCC(=O)O1.O. The van der Waals surface area contributed by atoms with E-state index in [2.05, 4.69) is 6.92 Å². The highest BCUT2D eigenvalue weighted by molar-refractivity contribution is 5.71. The average molecular weight is 188 g/mol. The molecule has 1 fully saturated rings. The van der Waals surface area contributed by atoms with E-state index in [0.717, 1.165) is 12.8 Å². The van der Waals surface area contributed by atoms with Crippen LogP contribution >= 0.6 is 0 Å². The van der Waals surface area contributed by atoms with Crippen LogP contribution in [0.4, 0.5) is 0 Å². The summed E-state index contributed by atoms with van der Waals surface area (Å²) < 4.78 is 5.10. The molecule has 0 bridgehead atoms. The zero-order valence-corrected chi connectivity index (χ0v) is 8.34. The molecule has 0 saturated carbocycles. The van der Waals surface area contributed by atoms with Gasteiger partial charge in [-0.25, -0.2) is 0 Å². The summed E-state index contributed by atoms with van der Waals surface area (Å²) in [6.45, 7) is 2.20. The minimum absolute atomic E-state index is 0. The monoisotopic (exact) mass is 188 g/mol. The fraction of sp³-hybridized carbons (Fsp3) is 0.900. The second-order valence-electron chi connectivity index (χ2n) is 3.50. The van der Waals surface area contributed by atoms with Crippen LogP contribution < -0.4 is 0 Å². The van der Waals surface area contributed by atoms with Crippen molar-refractivity contribution in [2.24, 2.45) is 0 Å². The summed E-state index contributed by atoms with van der Waals surface area (Å²) in [6.07, 6.45) is 7.98. The zero-order chi connectivity index (χ0) is 8.81. The van der Waals surface area contributed by atoms with Crippen molar-refractivity contribution in [3.05, 3.63) is 0 Å². The van der Waals surface area contributed by atoms with E-state index in [1.807, 2.05) is 0 Å². The molecule has 0 aromatic rings. The smallest absolute Gasteiger partial charge is 0.306 e. The van der Waals surface area contributed by atoms with E-state index in [1.54, 1.807) is 0 Å². The van der Waals surface area contributed by atoms with Gasteiger partial charge in [-0.1, -0.05) is 26.2 Å². The first-order valence-electron chi connectivity index (χ1n) is 5.02. The van der Waals surface area contributed by atoms with Crippen molar-refractivity contribution in [1.29, 1.82) is 0 Å². The third kappa shape index (κ3) is 4.88. The Bertz CT molecular complexity index is 145. The summed E-state index contributed by atoms with van der Waals surface area (Å²) in [4.78, 5) is 10.7. The average Bonchev–Trinajstić information content (AvgIpc) is 2.45. The Hall–Kier alpha value is -0.570. The van der Waals surface area contributed by atoms with Gasteiger partial charge in [0.1, 0.15) is 6.10 Å². The van der Waals surface area contributed by atoms with Crippen LogP contribution in [0.15, 0.2) is 0 Å². The fourth-order valence-corrected chi connectivity index (χ4v) is 1.58. The van der Waals surface area contributed by atoms with Gasteiger partial charge in [0.05, 0.1) is 0 Å². The molecule has 0 aromatic carbocycles. The van der Waals surface area contributed by atoms with Crippen molar-refractivity contribution >= 4 is 5.97 Å². The molecule has 0 aromatic heterocycles. The van der Waals surface area contributed by atoms with Gasteiger partial charge in [-0.2, -0.15) is 0 Å². The van der Waals surface area contributed by atoms with Gasteiger partial charge in [-0.05, 0) is 19.3 Å². The van der Waals surface area contributed by atoms with Crippen molar-refractivity contribution in [3.8, 4) is 0 Å². The van der Waals surface area contributed by atoms with Crippen LogP contribution in [0.25, 0.3) is 0 Å². The molecule has 0 aliphatic carbocycles. The molecule has 0 spiro atoms. The van der Waals surface area contributed by atoms with Crippen molar-refractivity contribution in [3.63, 3.8) is 0 Å². The highest BCUT2D eigenvalue weighted by atomic mass is 16.5. The topological polar surface area (TPSA) is 57.8 Å². The van der Waals surface area contributed by atoms with Crippen LogP contribution in [0.2, 0.25) is 0 Å². The van der Waals surface area contributed by atoms with Crippen LogP contribution in [0.1, 0.15) is 51.9 Å². The Balaban J connectivity index is 0.00000144. The lowest BCUT2D eigenvalue weighted by atomic mass is 10.1. The highest BCUT2D eigenvalue weighted by Crippen LogP contribution is 2.19. The predicted molar refractivity (Wildman–Crippen MR) is 51.5 cm³/mol. The van der Waals surface area contributed by atoms with Crippen molar-refractivity contribution in [1.82, 2.24) is 0 Å². The highest BCUT2D eigenvalue weighted by Gasteiger charge is 2.22. The number of ether oxygens (including phenoxy) is 1. The Kier molecular flexibility index (Phi) is 6.59. The van der Waals surface area contributed by atoms with E-state index in [4.69, 9.17) is 4.74 Å². The molecular weight excluding hydrogens is 168 g/mol. The number of unbranched alkanes of at least 4 members (excludes halogenated alkanes) is 3. The van der Waals surface area contributed by atoms with E-state index in [-0.39, 0.29) is 17.5 Å². The molecule has 3 nitrogen and oxygen atoms in total. The first-order valence-corrected chi connectivity index (χ1v) is 5.02. The van der Waals surface area contributed by atoms with Gasteiger partial charge in [0.25, 0.3) is 0 Å². The summed E-state index contributed by atoms with van der Waals surface area (Å²) in [5.74, 6) is -0.00417. The molecular formula is C10H20O3. The number of esters is 1. The van der Waals surface area contributed by atoms with Crippen LogP contribution in [-0.4, -0.2) is 17.5 Å². The molecule has 1 aliphatic rings. The molecule has 0 radical (unpaired) electrons. The minimum Gasteiger partial charge on any atom is -0.462 e. The molecule has 1 rings (SSSR count). The summed E-state index contributed by atoms with van der Waals surface area (Å²) in [5.41, 5.74) is 0. The number of hydrogen-bond acceptors (Lipinski definition) is 2. The first kappa shape index (κ1) is 12.4. The normalized spacial score (nSPS) is 21.0. The number of carbonyl (C=O) groups is 1. The number of hydrogen-bond donors (Lipinski definition) is 0. The first-order chi connectivity index (χ1) is 5.83. The number of carbonyl (C=O) groups excluding carboxylic acids is 1. The maximum atomic E-state index is 10.7. The van der Waals surface area contributed by atoms with Crippen molar-refractivity contribution in [2.45, 2.75) is 58.0 Å². The molecule has 3 heteroatoms. The van der Waals surface area contributed by atoms with Gasteiger partial charge in [0, 0.05) is 6.42 Å². The van der Waals surface area contributed by atoms with E-state index in [1.165, 1.54) is 25.7 Å².